The van der Waals surface area contributed by atoms with E-state index in [0.717, 1.165) is 5.57 Å². The van der Waals surface area contributed by atoms with Gasteiger partial charge in [-0.2, -0.15) is 4.31 Å². The fraction of sp³-hybridized carbons (Fsp3) is 0.500. The van der Waals surface area contributed by atoms with E-state index in [1.165, 1.54) is 28.6 Å². The van der Waals surface area contributed by atoms with E-state index in [0.29, 0.717) is 19.3 Å². The van der Waals surface area contributed by atoms with Crippen molar-refractivity contribution < 1.29 is 18.1 Å². The van der Waals surface area contributed by atoms with Crippen molar-refractivity contribution in [2.75, 3.05) is 13.1 Å². The third-order valence-electron chi connectivity index (χ3n) is 5.69. The van der Waals surface area contributed by atoms with Gasteiger partial charge < -0.3 is 0 Å². The van der Waals surface area contributed by atoms with Crippen molar-refractivity contribution in [2.24, 2.45) is 10.8 Å². The zero-order chi connectivity index (χ0) is 19.3. The van der Waals surface area contributed by atoms with Gasteiger partial charge in [-0.3, -0.25) is 14.9 Å². The Labute approximate surface area is 152 Å². The van der Waals surface area contributed by atoms with Crippen LogP contribution in [0.25, 0.3) is 0 Å². The first-order chi connectivity index (χ1) is 12.0. The van der Waals surface area contributed by atoms with Crippen molar-refractivity contribution in [1.29, 1.82) is 0 Å². The van der Waals surface area contributed by atoms with Crippen molar-refractivity contribution >= 4 is 21.5 Å². The molecule has 2 aliphatic rings. The van der Waals surface area contributed by atoms with Gasteiger partial charge in [-0.25, -0.2) is 8.42 Å². The van der Waals surface area contributed by atoms with E-state index in [4.69, 9.17) is 0 Å². The zero-order valence-electron chi connectivity index (χ0n) is 14.9. The third-order valence-corrected chi connectivity index (χ3v) is 7.58. The SMILES string of the molecule is C=C(C)[C@]12CCN(S(=O)(=O)c3ccccc3[N+](=O)[O-])C[C@](C)(CC1=O)C2. The lowest BCUT2D eigenvalue weighted by Crippen LogP contribution is -2.40. The van der Waals surface area contributed by atoms with Crippen LogP contribution in [0.3, 0.4) is 0 Å². The first-order valence-electron chi connectivity index (χ1n) is 8.45. The second kappa shape index (κ2) is 5.99. The largest absolute Gasteiger partial charge is 0.299 e. The highest BCUT2D eigenvalue weighted by molar-refractivity contribution is 7.89. The molecule has 1 saturated heterocycles. The number of fused-ring (bicyclic) bond motifs is 2. The summed E-state index contributed by atoms with van der Waals surface area (Å²) < 4.78 is 27.6. The highest BCUT2D eigenvalue weighted by Gasteiger charge is 2.56. The molecule has 2 fully saturated rings. The Morgan fingerprint density at radius 1 is 1.35 bits per heavy atom. The summed E-state index contributed by atoms with van der Waals surface area (Å²) in [5, 5.41) is 11.3. The number of hydrogen-bond acceptors (Lipinski definition) is 5. The first-order valence-corrected chi connectivity index (χ1v) is 9.89. The molecule has 3 rings (SSSR count). The number of nitro groups is 1. The fourth-order valence-electron chi connectivity index (χ4n) is 4.38. The normalized spacial score (nSPS) is 29.4. The highest BCUT2D eigenvalue weighted by Crippen LogP contribution is 2.55. The molecule has 8 heteroatoms. The van der Waals surface area contributed by atoms with Crippen LogP contribution in [0.2, 0.25) is 0 Å². The molecule has 0 unspecified atom stereocenters. The topological polar surface area (TPSA) is 97.6 Å². The molecule has 0 amide bonds. The van der Waals surface area contributed by atoms with E-state index in [1.807, 2.05) is 13.8 Å². The number of nitro benzene ring substituents is 1. The number of hydrogen-bond donors (Lipinski definition) is 0. The summed E-state index contributed by atoms with van der Waals surface area (Å²) in [6, 6.07) is 5.37. The number of rotatable bonds is 4. The number of sulfonamides is 1. The molecule has 1 aliphatic heterocycles. The molecule has 1 heterocycles. The van der Waals surface area contributed by atoms with Crippen LogP contribution in [-0.2, 0) is 14.8 Å². The van der Waals surface area contributed by atoms with E-state index in [2.05, 4.69) is 6.58 Å². The average Bonchev–Trinajstić information content (AvgIpc) is 2.71. The molecule has 0 spiro atoms. The van der Waals surface area contributed by atoms with Gasteiger partial charge in [0.15, 0.2) is 4.90 Å². The minimum absolute atomic E-state index is 0.121. The Kier molecular flexibility index (Phi) is 4.31. The number of Topliss-reactive ketones (excluding diaryl/α,β-unsaturated/α-hetero) is 1. The van der Waals surface area contributed by atoms with Crippen molar-refractivity contribution in [3.05, 3.63) is 46.5 Å². The predicted octanol–water partition coefficient (Wildman–Crippen LogP) is 2.92. The minimum Gasteiger partial charge on any atom is -0.299 e. The van der Waals surface area contributed by atoms with Gasteiger partial charge in [0.05, 0.1) is 10.3 Å². The number of para-hydroxylation sites is 1. The van der Waals surface area contributed by atoms with E-state index >= 15 is 0 Å². The summed E-state index contributed by atoms with van der Waals surface area (Å²) in [7, 11) is -4.04. The number of carbonyl (C=O) groups is 1. The maximum Gasteiger partial charge on any atom is 0.289 e. The standard InChI is InChI=1S/C18H22N2O5S/c1-13(2)18-8-9-19(12-17(3,11-18)10-16(18)21)26(24,25)15-7-5-4-6-14(15)20(22)23/h4-7H,1,8-12H2,2-3H3/t17-,18-/m1/s1. The van der Waals surface area contributed by atoms with Crippen molar-refractivity contribution in [2.45, 2.75) is 38.0 Å². The Morgan fingerprint density at radius 2 is 2.00 bits per heavy atom. The van der Waals surface area contributed by atoms with Gasteiger partial charge in [-0.15, -0.1) is 0 Å². The molecule has 1 aromatic carbocycles. The van der Waals surface area contributed by atoms with Crippen LogP contribution in [0.1, 0.15) is 33.1 Å². The molecule has 2 atom stereocenters. The maximum absolute atomic E-state index is 13.2. The van der Waals surface area contributed by atoms with E-state index in [9.17, 15) is 23.3 Å². The number of nitrogens with zero attached hydrogens (tertiary/aromatic N) is 2. The lowest BCUT2D eigenvalue weighted by atomic mass is 9.74. The van der Waals surface area contributed by atoms with Crippen LogP contribution in [0, 0.1) is 20.9 Å². The second-order valence-corrected chi connectivity index (χ2v) is 9.67. The molecule has 0 aromatic heterocycles. The van der Waals surface area contributed by atoms with Crippen LogP contribution < -0.4 is 0 Å². The Balaban J connectivity index is 2.03. The van der Waals surface area contributed by atoms with Gasteiger partial charge >= 0.3 is 0 Å². The van der Waals surface area contributed by atoms with Crippen molar-refractivity contribution in [3.63, 3.8) is 0 Å². The summed E-state index contributed by atoms with van der Waals surface area (Å²) >= 11 is 0. The molecule has 0 radical (unpaired) electrons. The molecular weight excluding hydrogens is 356 g/mol. The summed E-state index contributed by atoms with van der Waals surface area (Å²) in [6.45, 7) is 8.01. The molecule has 1 aliphatic carbocycles. The number of carbonyl (C=O) groups excluding carboxylic acids is 1. The maximum atomic E-state index is 13.2. The van der Waals surface area contributed by atoms with Gasteiger partial charge in [0.25, 0.3) is 5.69 Å². The number of benzene rings is 1. The molecule has 7 nitrogen and oxygen atoms in total. The predicted molar refractivity (Wildman–Crippen MR) is 96.1 cm³/mol. The van der Waals surface area contributed by atoms with E-state index < -0.39 is 31.5 Å². The van der Waals surface area contributed by atoms with Gasteiger partial charge in [-0.05, 0) is 31.2 Å². The summed E-state index contributed by atoms with van der Waals surface area (Å²) in [6.07, 6.45) is 1.22. The molecule has 1 aromatic rings. The number of allylic oxidation sites excluding steroid dienone is 1. The smallest absolute Gasteiger partial charge is 0.289 e. The average molecular weight is 378 g/mol. The summed E-state index contributed by atoms with van der Waals surface area (Å²) in [4.78, 5) is 22.9. The van der Waals surface area contributed by atoms with Crippen LogP contribution >= 0.6 is 0 Å². The van der Waals surface area contributed by atoms with Crippen LogP contribution in [0.4, 0.5) is 5.69 Å². The highest BCUT2D eigenvalue weighted by atomic mass is 32.2. The quantitative estimate of drug-likeness (QED) is 0.456. The molecule has 140 valence electrons. The Morgan fingerprint density at radius 3 is 2.62 bits per heavy atom. The van der Waals surface area contributed by atoms with E-state index in [1.54, 1.807) is 0 Å². The minimum atomic E-state index is -4.04. The first kappa shape index (κ1) is 18.7. The van der Waals surface area contributed by atoms with Gasteiger partial charge in [0.2, 0.25) is 10.0 Å². The van der Waals surface area contributed by atoms with Gasteiger partial charge in [0.1, 0.15) is 5.78 Å². The molecular formula is C18H22N2O5S. The Hall–Kier alpha value is -2.06. The van der Waals surface area contributed by atoms with Crippen molar-refractivity contribution in [3.8, 4) is 0 Å². The monoisotopic (exact) mass is 378 g/mol. The zero-order valence-corrected chi connectivity index (χ0v) is 15.7. The lowest BCUT2D eigenvalue weighted by Gasteiger charge is -2.30. The van der Waals surface area contributed by atoms with Gasteiger partial charge in [0, 0.05) is 25.6 Å². The Bertz CT molecular complexity index is 910. The van der Waals surface area contributed by atoms with E-state index in [-0.39, 0.29) is 23.8 Å². The summed E-state index contributed by atoms with van der Waals surface area (Å²) in [5.41, 5.74) is -0.862. The second-order valence-electron chi connectivity index (χ2n) is 7.76. The van der Waals surface area contributed by atoms with Crippen molar-refractivity contribution in [1.82, 2.24) is 4.31 Å². The molecule has 2 bridgehead atoms. The lowest BCUT2D eigenvalue weighted by molar-refractivity contribution is -0.387. The molecule has 26 heavy (non-hydrogen) atoms. The number of ketones is 1. The third kappa shape index (κ3) is 2.77. The fourth-order valence-corrected chi connectivity index (χ4v) is 6.13. The van der Waals surface area contributed by atoms with Crippen LogP contribution in [0.15, 0.2) is 41.3 Å². The van der Waals surface area contributed by atoms with Gasteiger partial charge in [-0.1, -0.05) is 31.2 Å². The van der Waals surface area contributed by atoms with Crippen LogP contribution in [0.5, 0.6) is 0 Å². The molecule has 0 N–H and O–H groups in total. The van der Waals surface area contributed by atoms with Crippen LogP contribution in [-0.4, -0.2) is 36.5 Å². The summed E-state index contributed by atoms with van der Waals surface area (Å²) in [5.74, 6) is 0.121. The molecule has 1 saturated carbocycles.